The summed E-state index contributed by atoms with van der Waals surface area (Å²) in [7, 11) is 3.13. The van der Waals surface area contributed by atoms with Crippen LogP contribution in [0.4, 0.5) is 11.4 Å². The molecule has 0 aliphatic carbocycles. The summed E-state index contributed by atoms with van der Waals surface area (Å²) in [5.74, 6) is 1.39. The number of ether oxygens (including phenoxy) is 3. The molecule has 1 aliphatic rings. The molecule has 1 atom stereocenters. The number of hydrogen-bond donors (Lipinski definition) is 1. The number of hydrogen-bond acceptors (Lipinski definition) is 7. The fourth-order valence-electron chi connectivity index (χ4n) is 3.81. The van der Waals surface area contributed by atoms with Gasteiger partial charge in [0.15, 0.2) is 16.7 Å². The number of amides is 2. The van der Waals surface area contributed by atoms with Crippen molar-refractivity contribution in [2.24, 2.45) is 4.99 Å². The molecule has 0 saturated carbocycles. The molecule has 4 rings (SSSR count). The van der Waals surface area contributed by atoms with Crippen LogP contribution in [0.15, 0.2) is 71.7 Å². The van der Waals surface area contributed by atoms with Crippen LogP contribution >= 0.6 is 23.4 Å². The van der Waals surface area contributed by atoms with Gasteiger partial charge in [-0.05, 0) is 73.2 Å². The third-order valence-electron chi connectivity index (χ3n) is 5.70. The highest BCUT2D eigenvalue weighted by Crippen LogP contribution is 2.33. The van der Waals surface area contributed by atoms with Crippen molar-refractivity contribution >= 4 is 51.7 Å². The Morgan fingerprint density at radius 1 is 1.05 bits per heavy atom. The molecule has 3 aromatic carbocycles. The maximum atomic E-state index is 13.4. The number of benzene rings is 3. The van der Waals surface area contributed by atoms with Gasteiger partial charge in [0, 0.05) is 17.1 Å². The van der Waals surface area contributed by atoms with Crippen molar-refractivity contribution in [3.8, 4) is 17.2 Å². The summed E-state index contributed by atoms with van der Waals surface area (Å²) in [4.78, 5) is 32.8. The lowest BCUT2D eigenvalue weighted by Gasteiger charge is -2.32. The van der Waals surface area contributed by atoms with Crippen LogP contribution in [0.3, 0.4) is 0 Å². The minimum atomic E-state index is -0.651. The maximum Gasteiger partial charge on any atom is 0.238 e. The molecule has 1 aliphatic heterocycles. The highest BCUT2D eigenvalue weighted by Gasteiger charge is 2.36. The first kappa shape index (κ1) is 27.3. The number of amidine groups is 1. The summed E-state index contributed by atoms with van der Waals surface area (Å²) in [6.45, 7) is 2.72. The minimum Gasteiger partial charge on any atom is -0.494 e. The number of anilines is 1. The topological polar surface area (TPSA) is 89.5 Å². The van der Waals surface area contributed by atoms with Crippen molar-refractivity contribution in [1.29, 1.82) is 0 Å². The van der Waals surface area contributed by atoms with Gasteiger partial charge >= 0.3 is 0 Å². The van der Waals surface area contributed by atoms with Crippen molar-refractivity contribution in [1.82, 2.24) is 4.90 Å². The number of carbonyl (C=O) groups is 2. The zero-order chi connectivity index (χ0) is 27.1. The largest absolute Gasteiger partial charge is 0.494 e. The summed E-state index contributed by atoms with van der Waals surface area (Å²) in [6, 6.07) is 19.6. The second kappa shape index (κ2) is 12.7. The van der Waals surface area contributed by atoms with Crippen molar-refractivity contribution in [2.45, 2.75) is 25.1 Å². The number of halogens is 1. The third-order valence-corrected chi connectivity index (χ3v) is 7.14. The Balaban J connectivity index is 1.57. The lowest BCUT2D eigenvalue weighted by Crippen LogP contribution is -2.44. The molecule has 1 heterocycles. The average Bonchev–Trinajstić information content (AvgIpc) is 2.92. The number of rotatable bonds is 9. The van der Waals surface area contributed by atoms with E-state index in [2.05, 4.69) is 5.32 Å². The van der Waals surface area contributed by atoms with Gasteiger partial charge in [0.1, 0.15) is 11.0 Å². The number of carbonyl (C=O) groups excluding carboxylic acids is 2. The van der Waals surface area contributed by atoms with E-state index in [0.717, 1.165) is 11.3 Å². The van der Waals surface area contributed by atoms with Crippen LogP contribution in [0, 0.1) is 0 Å². The molecular formula is C28H28ClN3O5S. The van der Waals surface area contributed by atoms with E-state index >= 15 is 0 Å². The summed E-state index contributed by atoms with van der Waals surface area (Å²) in [6.07, 6.45) is 0.0282. The Bertz CT molecular complexity index is 1320. The molecule has 1 unspecified atom stereocenters. The highest BCUT2D eigenvalue weighted by atomic mass is 35.5. The molecule has 0 bridgehead atoms. The third kappa shape index (κ3) is 6.79. The Morgan fingerprint density at radius 3 is 2.42 bits per heavy atom. The Kier molecular flexibility index (Phi) is 9.15. The molecule has 0 radical (unpaired) electrons. The van der Waals surface area contributed by atoms with E-state index in [4.69, 9.17) is 30.8 Å². The van der Waals surface area contributed by atoms with E-state index in [-0.39, 0.29) is 24.8 Å². The van der Waals surface area contributed by atoms with Crippen LogP contribution in [0.1, 0.15) is 18.9 Å². The Hall–Kier alpha value is -3.69. The molecule has 1 saturated heterocycles. The Labute approximate surface area is 230 Å². The molecule has 10 heteroatoms. The monoisotopic (exact) mass is 553 g/mol. The molecule has 8 nitrogen and oxygen atoms in total. The van der Waals surface area contributed by atoms with Gasteiger partial charge in [0.05, 0.1) is 33.1 Å². The molecule has 2 amide bonds. The normalized spacial score (nSPS) is 16.3. The predicted molar refractivity (Wildman–Crippen MR) is 151 cm³/mol. The van der Waals surface area contributed by atoms with Gasteiger partial charge in [-0.3, -0.25) is 14.5 Å². The van der Waals surface area contributed by atoms with Crippen molar-refractivity contribution in [3.05, 3.63) is 77.3 Å². The van der Waals surface area contributed by atoms with E-state index in [1.807, 2.05) is 19.1 Å². The molecule has 0 spiro atoms. The van der Waals surface area contributed by atoms with Crippen LogP contribution in [0.5, 0.6) is 17.2 Å². The van der Waals surface area contributed by atoms with Crippen LogP contribution in [0.25, 0.3) is 0 Å². The van der Waals surface area contributed by atoms with Gasteiger partial charge in [-0.2, -0.15) is 0 Å². The van der Waals surface area contributed by atoms with E-state index < -0.39 is 5.25 Å². The van der Waals surface area contributed by atoms with Crippen LogP contribution in [-0.4, -0.2) is 48.0 Å². The smallest absolute Gasteiger partial charge is 0.238 e. The number of thioether (sulfide) groups is 1. The maximum absolute atomic E-state index is 13.4. The molecule has 1 fully saturated rings. The zero-order valence-corrected chi connectivity index (χ0v) is 22.8. The van der Waals surface area contributed by atoms with E-state index in [0.29, 0.717) is 39.7 Å². The van der Waals surface area contributed by atoms with Gasteiger partial charge in [0.2, 0.25) is 11.8 Å². The average molecular weight is 554 g/mol. The molecule has 38 heavy (non-hydrogen) atoms. The number of nitrogens with one attached hydrogen (secondary N) is 1. The van der Waals surface area contributed by atoms with Crippen LogP contribution in [0.2, 0.25) is 5.02 Å². The fourth-order valence-corrected chi connectivity index (χ4v) is 5.03. The molecule has 198 valence electrons. The summed E-state index contributed by atoms with van der Waals surface area (Å²) in [5.41, 5.74) is 2.07. The van der Waals surface area contributed by atoms with Gasteiger partial charge in [-0.1, -0.05) is 29.4 Å². The molecule has 3 aromatic rings. The van der Waals surface area contributed by atoms with Gasteiger partial charge < -0.3 is 19.5 Å². The van der Waals surface area contributed by atoms with E-state index in [9.17, 15) is 9.59 Å². The second-order valence-electron chi connectivity index (χ2n) is 8.30. The first-order chi connectivity index (χ1) is 18.4. The standard InChI is InChI=1S/C28H28ClN3O5S/c1-4-37-22-12-10-20(11-13-22)30-27(34)25-16-26(33)32(17-18-5-14-23(35-2)24(15-18)36-3)28(38-25)31-21-8-6-19(29)7-9-21/h5-15,25H,4,16-17H2,1-3H3,(H,30,34). The fraction of sp³-hybridized carbons (Fsp3) is 0.250. The van der Waals surface area contributed by atoms with Crippen LogP contribution in [-0.2, 0) is 16.1 Å². The highest BCUT2D eigenvalue weighted by molar-refractivity contribution is 8.15. The zero-order valence-electron chi connectivity index (χ0n) is 21.3. The van der Waals surface area contributed by atoms with E-state index in [1.54, 1.807) is 73.7 Å². The minimum absolute atomic E-state index is 0.0282. The van der Waals surface area contributed by atoms with Crippen molar-refractivity contribution in [3.63, 3.8) is 0 Å². The lowest BCUT2D eigenvalue weighted by atomic mass is 10.1. The number of methoxy groups -OCH3 is 2. The molecule has 0 aromatic heterocycles. The van der Waals surface area contributed by atoms with Gasteiger partial charge in [0.25, 0.3) is 0 Å². The SMILES string of the molecule is CCOc1ccc(NC(=O)C2CC(=O)N(Cc3ccc(OC)c(OC)c3)C(=Nc3ccc(Cl)cc3)S2)cc1. The lowest BCUT2D eigenvalue weighted by molar-refractivity contribution is -0.129. The van der Waals surface area contributed by atoms with Crippen LogP contribution < -0.4 is 19.5 Å². The molecule has 1 N–H and O–H groups in total. The van der Waals surface area contributed by atoms with Gasteiger partial charge in [-0.15, -0.1) is 0 Å². The quantitative estimate of drug-likeness (QED) is 0.354. The number of nitrogens with zero attached hydrogens (tertiary/aromatic N) is 2. The first-order valence-corrected chi connectivity index (χ1v) is 13.2. The summed E-state index contributed by atoms with van der Waals surface area (Å²) < 4.78 is 16.2. The van der Waals surface area contributed by atoms with E-state index in [1.165, 1.54) is 11.8 Å². The molecular weight excluding hydrogens is 526 g/mol. The first-order valence-electron chi connectivity index (χ1n) is 12.0. The predicted octanol–water partition coefficient (Wildman–Crippen LogP) is 5.92. The second-order valence-corrected chi connectivity index (χ2v) is 9.90. The van der Waals surface area contributed by atoms with Crippen molar-refractivity contribution in [2.75, 3.05) is 26.1 Å². The number of aliphatic imine (C=N–C) groups is 1. The summed E-state index contributed by atoms with van der Waals surface area (Å²) in [5, 5.41) is 3.25. The van der Waals surface area contributed by atoms with Gasteiger partial charge in [-0.25, -0.2) is 4.99 Å². The summed E-state index contributed by atoms with van der Waals surface area (Å²) >= 11 is 7.28. The van der Waals surface area contributed by atoms with Crippen molar-refractivity contribution < 1.29 is 23.8 Å². The Morgan fingerprint density at radius 2 is 1.76 bits per heavy atom.